The molecule has 1 aliphatic rings. The van der Waals surface area contributed by atoms with Gasteiger partial charge in [0.25, 0.3) is 0 Å². The van der Waals surface area contributed by atoms with E-state index in [-0.39, 0.29) is 0 Å². The topological polar surface area (TPSA) is 24.5 Å². The molecule has 0 amide bonds. The van der Waals surface area contributed by atoms with Gasteiger partial charge in [0.15, 0.2) is 0 Å². The van der Waals surface area contributed by atoms with Crippen molar-refractivity contribution in [2.75, 3.05) is 43.1 Å². The van der Waals surface area contributed by atoms with Crippen LogP contribution in [0.2, 0.25) is 0 Å². The van der Waals surface area contributed by atoms with E-state index in [1.807, 2.05) is 6.92 Å². The molecule has 1 aromatic rings. The molecule has 1 aromatic carbocycles. The number of rotatable bonds is 4. The number of hydrogen-bond acceptors (Lipinski definition) is 3. The largest absolute Gasteiger partial charge is 0.384 e. The van der Waals surface area contributed by atoms with E-state index in [2.05, 4.69) is 46.3 Å². The second-order valence-corrected chi connectivity index (χ2v) is 4.25. The van der Waals surface area contributed by atoms with E-state index in [0.29, 0.717) is 0 Å². The molecule has 0 saturated carbocycles. The van der Waals surface area contributed by atoms with Gasteiger partial charge in [0.2, 0.25) is 0 Å². The summed E-state index contributed by atoms with van der Waals surface area (Å²) in [6, 6.07) is 8.59. The Balaban J connectivity index is 1.85. The van der Waals surface area contributed by atoms with Crippen LogP contribution in [0.25, 0.3) is 0 Å². The van der Waals surface area contributed by atoms with Crippen LogP contribution in [-0.2, 0) is 4.74 Å². The fraction of sp³-hybridized carbons (Fsp3) is 0.467. The monoisotopic (exact) mass is 244 g/mol. The molecule has 1 fully saturated rings. The highest BCUT2D eigenvalue weighted by Gasteiger charge is 2.10. The molecule has 3 heteroatoms. The van der Waals surface area contributed by atoms with Crippen LogP contribution >= 0.6 is 0 Å². The van der Waals surface area contributed by atoms with Crippen molar-refractivity contribution in [1.29, 1.82) is 0 Å². The first-order valence-electron chi connectivity index (χ1n) is 6.46. The summed E-state index contributed by atoms with van der Waals surface area (Å²) in [5.74, 6) is 5.94. The molecule has 1 aliphatic heterocycles. The minimum Gasteiger partial charge on any atom is -0.384 e. The van der Waals surface area contributed by atoms with Crippen molar-refractivity contribution >= 4 is 11.4 Å². The molecular formula is C15H20N2O. The first-order chi connectivity index (χ1) is 8.90. The smallest absolute Gasteiger partial charge is 0.0642 e. The second-order valence-electron chi connectivity index (χ2n) is 4.25. The van der Waals surface area contributed by atoms with Gasteiger partial charge in [0.1, 0.15) is 0 Å². The highest BCUT2D eigenvalue weighted by Crippen LogP contribution is 2.18. The third kappa shape index (κ3) is 3.68. The van der Waals surface area contributed by atoms with Crippen LogP contribution in [0.3, 0.4) is 0 Å². The Bertz CT molecular complexity index is 410. The van der Waals surface area contributed by atoms with Crippen molar-refractivity contribution in [3.05, 3.63) is 24.3 Å². The average Bonchev–Trinajstić information content (AvgIpc) is 2.45. The number of ether oxygens (including phenoxy) is 1. The van der Waals surface area contributed by atoms with Gasteiger partial charge in [-0.3, -0.25) is 0 Å². The van der Waals surface area contributed by atoms with Crippen LogP contribution in [0, 0.1) is 11.8 Å². The maximum absolute atomic E-state index is 5.35. The van der Waals surface area contributed by atoms with Crippen LogP contribution in [0.5, 0.6) is 0 Å². The van der Waals surface area contributed by atoms with Gasteiger partial charge in [-0.1, -0.05) is 0 Å². The Morgan fingerprint density at radius 2 is 1.94 bits per heavy atom. The summed E-state index contributed by atoms with van der Waals surface area (Å²) in [7, 11) is 0. The van der Waals surface area contributed by atoms with Crippen LogP contribution < -0.4 is 10.2 Å². The number of benzene rings is 1. The summed E-state index contributed by atoms with van der Waals surface area (Å²) in [6.07, 6.45) is 0.891. The quantitative estimate of drug-likeness (QED) is 0.650. The standard InChI is InChI=1S/C15H20N2O/c1-2-3-4-9-16-14-5-7-15(8-6-14)17-10-12-18-13-11-17/h5-8,16H,4,9-13H2,1H3. The van der Waals surface area contributed by atoms with Crippen LogP contribution in [0.1, 0.15) is 13.3 Å². The predicted octanol–water partition coefficient (Wildman–Crippen LogP) is 2.35. The van der Waals surface area contributed by atoms with Crippen molar-refractivity contribution < 1.29 is 4.74 Å². The van der Waals surface area contributed by atoms with Gasteiger partial charge in [0.05, 0.1) is 13.2 Å². The van der Waals surface area contributed by atoms with Crippen LogP contribution in [0.4, 0.5) is 11.4 Å². The SMILES string of the molecule is CC#CCCNc1ccc(N2CCOCC2)cc1. The minimum atomic E-state index is 0.829. The lowest BCUT2D eigenvalue weighted by molar-refractivity contribution is 0.122. The Labute approximate surface area is 109 Å². The summed E-state index contributed by atoms with van der Waals surface area (Å²) >= 11 is 0. The molecule has 0 spiro atoms. The van der Waals surface area contributed by atoms with Gasteiger partial charge >= 0.3 is 0 Å². The molecule has 1 N–H and O–H groups in total. The van der Waals surface area contributed by atoms with E-state index in [4.69, 9.17) is 4.74 Å². The molecular weight excluding hydrogens is 224 g/mol. The van der Waals surface area contributed by atoms with E-state index in [0.717, 1.165) is 45.0 Å². The van der Waals surface area contributed by atoms with Crippen LogP contribution in [0.15, 0.2) is 24.3 Å². The van der Waals surface area contributed by atoms with Crippen molar-refractivity contribution in [2.24, 2.45) is 0 Å². The van der Waals surface area contributed by atoms with E-state index in [1.54, 1.807) is 0 Å². The van der Waals surface area contributed by atoms with Gasteiger partial charge in [0, 0.05) is 37.4 Å². The van der Waals surface area contributed by atoms with Gasteiger partial charge in [-0.15, -0.1) is 11.8 Å². The van der Waals surface area contributed by atoms with Crippen molar-refractivity contribution in [2.45, 2.75) is 13.3 Å². The number of nitrogens with one attached hydrogen (secondary N) is 1. The van der Waals surface area contributed by atoms with E-state index < -0.39 is 0 Å². The molecule has 0 radical (unpaired) electrons. The lowest BCUT2D eigenvalue weighted by Gasteiger charge is -2.28. The third-order valence-electron chi connectivity index (χ3n) is 3.00. The highest BCUT2D eigenvalue weighted by molar-refractivity contribution is 5.55. The Hall–Kier alpha value is -1.66. The molecule has 96 valence electrons. The van der Waals surface area contributed by atoms with Gasteiger partial charge < -0.3 is 15.0 Å². The molecule has 2 rings (SSSR count). The first-order valence-corrected chi connectivity index (χ1v) is 6.46. The fourth-order valence-corrected chi connectivity index (χ4v) is 2.01. The van der Waals surface area contributed by atoms with E-state index in [9.17, 15) is 0 Å². The number of anilines is 2. The Kier molecular flexibility index (Phi) is 4.92. The minimum absolute atomic E-state index is 0.829. The number of morpholine rings is 1. The van der Waals surface area contributed by atoms with Gasteiger partial charge in [-0.05, 0) is 31.2 Å². The lowest BCUT2D eigenvalue weighted by atomic mass is 10.2. The summed E-state index contributed by atoms with van der Waals surface area (Å²) < 4.78 is 5.35. The van der Waals surface area contributed by atoms with Crippen LogP contribution in [-0.4, -0.2) is 32.8 Å². The fourth-order valence-electron chi connectivity index (χ4n) is 2.01. The Morgan fingerprint density at radius 3 is 2.61 bits per heavy atom. The van der Waals surface area contributed by atoms with Gasteiger partial charge in [-0.25, -0.2) is 0 Å². The third-order valence-corrected chi connectivity index (χ3v) is 3.00. The van der Waals surface area contributed by atoms with Crippen molar-refractivity contribution in [1.82, 2.24) is 0 Å². The molecule has 1 heterocycles. The molecule has 18 heavy (non-hydrogen) atoms. The van der Waals surface area contributed by atoms with E-state index in [1.165, 1.54) is 5.69 Å². The predicted molar refractivity (Wildman–Crippen MR) is 76.0 cm³/mol. The zero-order chi connectivity index (χ0) is 12.6. The maximum Gasteiger partial charge on any atom is 0.0642 e. The zero-order valence-electron chi connectivity index (χ0n) is 10.9. The molecule has 0 atom stereocenters. The zero-order valence-corrected chi connectivity index (χ0v) is 10.9. The molecule has 0 aromatic heterocycles. The average molecular weight is 244 g/mol. The maximum atomic E-state index is 5.35. The van der Waals surface area contributed by atoms with Gasteiger partial charge in [-0.2, -0.15) is 0 Å². The van der Waals surface area contributed by atoms with Crippen molar-refractivity contribution in [3.8, 4) is 11.8 Å². The molecule has 3 nitrogen and oxygen atoms in total. The highest BCUT2D eigenvalue weighted by atomic mass is 16.5. The summed E-state index contributed by atoms with van der Waals surface area (Å²) in [5.41, 5.74) is 2.43. The number of nitrogens with zero attached hydrogens (tertiary/aromatic N) is 1. The summed E-state index contributed by atoms with van der Waals surface area (Å²) in [5, 5.41) is 3.36. The molecule has 0 unspecified atom stereocenters. The molecule has 0 aliphatic carbocycles. The van der Waals surface area contributed by atoms with E-state index >= 15 is 0 Å². The summed E-state index contributed by atoms with van der Waals surface area (Å²) in [6.45, 7) is 6.40. The lowest BCUT2D eigenvalue weighted by Crippen LogP contribution is -2.36. The Morgan fingerprint density at radius 1 is 1.22 bits per heavy atom. The first kappa shape index (κ1) is 12.8. The normalized spacial score (nSPS) is 14.8. The summed E-state index contributed by atoms with van der Waals surface area (Å²) in [4.78, 5) is 2.36. The number of hydrogen-bond donors (Lipinski definition) is 1. The molecule has 1 saturated heterocycles. The van der Waals surface area contributed by atoms with Crippen molar-refractivity contribution in [3.63, 3.8) is 0 Å². The molecule has 0 bridgehead atoms. The second kappa shape index (κ2) is 6.93.